The van der Waals surface area contributed by atoms with E-state index in [2.05, 4.69) is 15.6 Å². The molecular formula is C33H29N3O4S2. The molecule has 1 unspecified atom stereocenters. The molecule has 42 heavy (non-hydrogen) atoms. The molecule has 2 amide bonds. The number of thioether (sulfide) groups is 1. The summed E-state index contributed by atoms with van der Waals surface area (Å²) in [7, 11) is 1.56. The molecule has 0 saturated heterocycles. The van der Waals surface area contributed by atoms with Gasteiger partial charge in [-0.25, -0.2) is 4.98 Å². The van der Waals surface area contributed by atoms with Crippen LogP contribution in [0.5, 0.6) is 11.5 Å². The predicted molar refractivity (Wildman–Crippen MR) is 170 cm³/mol. The number of nitrogens with zero attached hydrogens (tertiary/aromatic N) is 1. The Hall–Kier alpha value is -4.60. The predicted octanol–water partition coefficient (Wildman–Crippen LogP) is 7.94. The van der Waals surface area contributed by atoms with Crippen molar-refractivity contribution < 1.29 is 19.1 Å². The maximum Gasteiger partial charge on any atom is 0.255 e. The molecule has 7 nitrogen and oxygen atoms in total. The van der Waals surface area contributed by atoms with Gasteiger partial charge < -0.3 is 20.1 Å². The summed E-state index contributed by atoms with van der Waals surface area (Å²) in [6, 6.07) is 31.8. The highest BCUT2D eigenvalue weighted by Crippen LogP contribution is 2.37. The van der Waals surface area contributed by atoms with Crippen molar-refractivity contribution in [1.82, 2.24) is 4.98 Å². The number of ether oxygens (including phenoxy) is 2. The molecule has 0 spiro atoms. The molecule has 212 valence electrons. The van der Waals surface area contributed by atoms with Crippen LogP contribution in [0.4, 0.5) is 10.8 Å². The molecule has 5 aromatic rings. The van der Waals surface area contributed by atoms with E-state index in [0.717, 1.165) is 27.5 Å². The molecule has 9 heteroatoms. The number of methoxy groups -OCH3 is 1. The van der Waals surface area contributed by atoms with Gasteiger partial charge in [-0.1, -0.05) is 36.4 Å². The van der Waals surface area contributed by atoms with Gasteiger partial charge in [0.15, 0.2) is 5.13 Å². The number of carbonyl (C=O) groups excluding carboxylic acids is 2. The molecule has 0 aliphatic rings. The zero-order valence-corrected chi connectivity index (χ0v) is 24.7. The topological polar surface area (TPSA) is 89.6 Å². The maximum atomic E-state index is 13.6. The largest absolute Gasteiger partial charge is 0.497 e. The van der Waals surface area contributed by atoms with Crippen molar-refractivity contribution in [2.75, 3.05) is 24.4 Å². The van der Waals surface area contributed by atoms with Crippen molar-refractivity contribution in [2.24, 2.45) is 0 Å². The van der Waals surface area contributed by atoms with Crippen LogP contribution in [0.25, 0.3) is 11.3 Å². The van der Waals surface area contributed by atoms with Gasteiger partial charge in [-0.2, -0.15) is 0 Å². The lowest BCUT2D eigenvalue weighted by atomic mass is 10.1. The number of hydrogen-bond donors (Lipinski definition) is 2. The van der Waals surface area contributed by atoms with Gasteiger partial charge in [0.1, 0.15) is 16.7 Å². The van der Waals surface area contributed by atoms with E-state index < -0.39 is 5.25 Å². The standard InChI is InChI=1S/C33H29N3O4S2/c1-3-40-26-16-12-22(13-17-26)29-21-41-33(35-29)36-32(38)30(23-8-5-4-6-9-23)42-28-18-14-25(15-19-28)34-31(37)24-10-7-11-27(20-24)39-2/h4-21,30H,3H2,1-2H3,(H,34,37)(H,35,36,38). The Labute approximate surface area is 252 Å². The SMILES string of the molecule is CCOc1ccc(-c2csc(NC(=O)C(Sc3ccc(NC(=O)c4cccc(OC)c4)cc3)c3ccccc3)n2)cc1. The van der Waals surface area contributed by atoms with Crippen molar-refractivity contribution in [3.8, 4) is 22.8 Å². The number of rotatable bonds is 11. The van der Waals surface area contributed by atoms with E-state index in [-0.39, 0.29) is 11.8 Å². The summed E-state index contributed by atoms with van der Waals surface area (Å²) in [6.45, 7) is 2.56. The first kappa shape index (κ1) is 28.9. The number of hydrogen-bond acceptors (Lipinski definition) is 7. The number of thiazole rings is 1. The van der Waals surface area contributed by atoms with E-state index in [1.54, 1.807) is 31.4 Å². The lowest BCUT2D eigenvalue weighted by Crippen LogP contribution is -2.19. The highest BCUT2D eigenvalue weighted by atomic mass is 32.2. The summed E-state index contributed by atoms with van der Waals surface area (Å²) < 4.78 is 10.7. The van der Waals surface area contributed by atoms with Gasteiger partial charge in [0.05, 0.1) is 19.4 Å². The molecule has 0 aliphatic carbocycles. The average molecular weight is 596 g/mol. The Balaban J connectivity index is 1.27. The minimum Gasteiger partial charge on any atom is -0.497 e. The van der Waals surface area contributed by atoms with Gasteiger partial charge in [-0.05, 0) is 79.2 Å². The van der Waals surface area contributed by atoms with Crippen LogP contribution in [-0.2, 0) is 4.79 Å². The van der Waals surface area contributed by atoms with Crippen LogP contribution < -0.4 is 20.1 Å². The molecule has 1 heterocycles. The number of aromatic nitrogens is 1. The van der Waals surface area contributed by atoms with Crippen molar-refractivity contribution in [3.05, 3.63) is 120 Å². The van der Waals surface area contributed by atoms with Crippen molar-refractivity contribution >= 4 is 45.7 Å². The monoisotopic (exact) mass is 595 g/mol. The Morgan fingerprint density at radius 3 is 2.36 bits per heavy atom. The summed E-state index contributed by atoms with van der Waals surface area (Å²) in [5, 5.41) is 7.85. The molecule has 1 atom stereocenters. The van der Waals surface area contributed by atoms with Gasteiger partial charge in [-0.3, -0.25) is 9.59 Å². The molecule has 0 bridgehead atoms. The number of benzene rings is 4. The smallest absolute Gasteiger partial charge is 0.255 e. The first-order chi connectivity index (χ1) is 20.5. The zero-order chi connectivity index (χ0) is 29.3. The molecule has 0 saturated carbocycles. The number of nitrogens with one attached hydrogen (secondary N) is 2. The lowest BCUT2D eigenvalue weighted by Gasteiger charge is -2.16. The quantitative estimate of drug-likeness (QED) is 0.151. The van der Waals surface area contributed by atoms with Gasteiger partial charge >= 0.3 is 0 Å². The summed E-state index contributed by atoms with van der Waals surface area (Å²) in [5.41, 5.74) is 3.76. The maximum absolute atomic E-state index is 13.6. The van der Waals surface area contributed by atoms with E-state index in [1.165, 1.54) is 23.1 Å². The number of carbonyl (C=O) groups is 2. The normalized spacial score (nSPS) is 11.4. The fraction of sp³-hybridized carbons (Fsp3) is 0.121. The molecule has 2 N–H and O–H groups in total. The van der Waals surface area contributed by atoms with Crippen molar-refractivity contribution in [2.45, 2.75) is 17.1 Å². The fourth-order valence-corrected chi connectivity index (χ4v) is 5.89. The van der Waals surface area contributed by atoms with Crippen molar-refractivity contribution in [1.29, 1.82) is 0 Å². The van der Waals surface area contributed by atoms with Crippen LogP contribution in [0.3, 0.4) is 0 Å². The second kappa shape index (κ2) is 13.8. The molecule has 0 fully saturated rings. The lowest BCUT2D eigenvalue weighted by molar-refractivity contribution is -0.115. The van der Waals surface area contributed by atoms with Crippen LogP contribution >= 0.6 is 23.1 Å². The Morgan fingerprint density at radius 2 is 1.64 bits per heavy atom. The van der Waals surface area contributed by atoms with Crippen LogP contribution in [0.1, 0.15) is 28.1 Å². The summed E-state index contributed by atoms with van der Waals surface area (Å²) in [6.07, 6.45) is 0. The molecule has 5 rings (SSSR count). The third kappa shape index (κ3) is 7.37. The van der Waals surface area contributed by atoms with E-state index in [0.29, 0.717) is 28.7 Å². The van der Waals surface area contributed by atoms with E-state index >= 15 is 0 Å². The second-order valence-electron chi connectivity index (χ2n) is 9.10. The highest BCUT2D eigenvalue weighted by Gasteiger charge is 2.23. The van der Waals surface area contributed by atoms with E-state index in [9.17, 15) is 9.59 Å². The molecule has 1 aromatic heterocycles. The summed E-state index contributed by atoms with van der Waals surface area (Å²) >= 11 is 2.81. The van der Waals surface area contributed by atoms with Gasteiger partial charge in [-0.15, -0.1) is 23.1 Å². The third-order valence-electron chi connectivity index (χ3n) is 6.23. The highest BCUT2D eigenvalue weighted by molar-refractivity contribution is 8.00. The number of anilines is 2. The second-order valence-corrected chi connectivity index (χ2v) is 11.1. The Kier molecular flexibility index (Phi) is 9.53. The fourth-order valence-electron chi connectivity index (χ4n) is 4.14. The molecule has 4 aromatic carbocycles. The molecule has 0 aliphatic heterocycles. The van der Waals surface area contributed by atoms with Gasteiger partial charge in [0.2, 0.25) is 5.91 Å². The Morgan fingerprint density at radius 1 is 0.881 bits per heavy atom. The Bertz CT molecular complexity index is 1640. The number of amides is 2. The molecule has 0 radical (unpaired) electrons. The van der Waals surface area contributed by atoms with Crippen LogP contribution in [0, 0.1) is 0 Å². The molecular weight excluding hydrogens is 567 g/mol. The van der Waals surface area contributed by atoms with Crippen LogP contribution in [0.15, 0.2) is 113 Å². The summed E-state index contributed by atoms with van der Waals surface area (Å²) in [5.74, 6) is 1.02. The third-order valence-corrected chi connectivity index (χ3v) is 8.26. The minimum absolute atomic E-state index is 0.172. The summed E-state index contributed by atoms with van der Waals surface area (Å²) in [4.78, 5) is 31.8. The minimum atomic E-state index is -0.513. The first-order valence-electron chi connectivity index (χ1n) is 13.3. The zero-order valence-electron chi connectivity index (χ0n) is 23.1. The van der Waals surface area contributed by atoms with Gasteiger partial charge in [0.25, 0.3) is 5.91 Å². The van der Waals surface area contributed by atoms with E-state index in [4.69, 9.17) is 9.47 Å². The van der Waals surface area contributed by atoms with Crippen LogP contribution in [0.2, 0.25) is 0 Å². The first-order valence-corrected chi connectivity index (χ1v) is 15.0. The van der Waals surface area contributed by atoms with Crippen molar-refractivity contribution in [3.63, 3.8) is 0 Å². The van der Waals surface area contributed by atoms with Gasteiger partial charge in [0, 0.05) is 27.1 Å². The average Bonchev–Trinajstić information content (AvgIpc) is 3.50. The van der Waals surface area contributed by atoms with Crippen LogP contribution in [-0.4, -0.2) is 30.5 Å². The van der Waals surface area contributed by atoms with E-state index in [1.807, 2.05) is 91.2 Å².